The summed E-state index contributed by atoms with van der Waals surface area (Å²) < 4.78 is 0. The second-order valence-corrected chi connectivity index (χ2v) is 2.86. The van der Waals surface area contributed by atoms with Crippen LogP contribution in [0.15, 0.2) is 0 Å². The van der Waals surface area contributed by atoms with Gasteiger partial charge in [0, 0.05) is 6.54 Å². The van der Waals surface area contributed by atoms with Gasteiger partial charge < -0.3 is 16.6 Å². The lowest BCUT2D eigenvalue weighted by Gasteiger charge is -2.29. The molecule has 5 N–H and O–H groups in total. The third-order valence-electron chi connectivity index (χ3n) is 1.63. The van der Waals surface area contributed by atoms with Crippen molar-refractivity contribution in [3.8, 4) is 0 Å². The average Bonchev–Trinajstić information content (AvgIpc) is 1.84. The SMILES string of the molecule is CC(N)N(CCC(=O)O)C(C)N. The zero-order valence-corrected chi connectivity index (χ0v) is 7.53. The van der Waals surface area contributed by atoms with Crippen LogP contribution >= 0.6 is 0 Å². The summed E-state index contributed by atoms with van der Waals surface area (Å²) in [6.45, 7) is 3.96. The highest BCUT2D eigenvalue weighted by atomic mass is 16.4. The van der Waals surface area contributed by atoms with Crippen molar-refractivity contribution in [2.45, 2.75) is 32.6 Å². The third-order valence-corrected chi connectivity index (χ3v) is 1.63. The van der Waals surface area contributed by atoms with Gasteiger partial charge >= 0.3 is 5.97 Å². The van der Waals surface area contributed by atoms with Crippen LogP contribution in [-0.2, 0) is 4.79 Å². The summed E-state index contributed by atoms with van der Waals surface area (Å²) in [5, 5.41) is 8.42. The van der Waals surface area contributed by atoms with Gasteiger partial charge in [-0.1, -0.05) is 0 Å². The zero-order chi connectivity index (χ0) is 9.72. The average molecular weight is 175 g/mol. The first kappa shape index (κ1) is 11.4. The van der Waals surface area contributed by atoms with E-state index in [9.17, 15) is 4.79 Å². The predicted octanol–water partition coefficient (Wildman–Crippen LogP) is -0.627. The van der Waals surface area contributed by atoms with Gasteiger partial charge in [-0.05, 0) is 13.8 Å². The second-order valence-electron chi connectivity index (χ2n) is 2.86. The summed E-state index contributed by atoms with van der Waals surface area (Å²) in [6, 6.07) is 0. The summed E-state index contributed by atoms with van der Waals surface area (Å²) in [5.41, 5.74) is 11.2. The van der Waals surface area contributed by atoms with Gasteiger partial charge in [-0.3, -0.25) is 9.69 Å². The maximum absolute atomic E-state index is 10.2. The molecule has 72 valence electrons. The summed E-state index contributed by atoms with van der Waals surface area (Å²) in [7, 11) is 0. The lowest BCUT2D eigenvalue weighted by molar-refractivity contribution is -0.137. The maximum atomic E-state index is 10.2. The fourth-order valence-corrected chi connectivity index (χ4v) is 1.00. The van der Waals surface area contributed by atoms with E-state index < -0.39 is 5.97 Å². The van der Waals surface area contributed by atoms with Crippen molar-refractivity contribution in [2.75, 3.05) is 6.54 Å². The van der Waals surface area contributed by atoms with E-state index in [1.807, 2.05) is 0 Å². The molecule has 0 bridgehead atoms. The van der Waals surface area contributed by atoms with Crippen LogP contribution < -0.4 is 11.5 Å². The molecule has 0 saturated carbocycles. The summed E-state index contributed by atoms with van der Waals surface area (Å²) in [5.74, 6) is -0.832. The van der Waals surface area contributed by atoms with E-state index in [0.29, 0.717) is 6.54 Å². The molecule has 5 nitrogen and oxygen atoms in total. The Bertz CT molecular complexity index is 140. The normalized spacial score (nSPS) is 16.1. The third kappa shape index (κ3) is 4.27. The Hall–Kier alpha value is -0.650. The van der Waals surface area contributed by atoms with Crippen molar-refractivity contribution >= 4 is 5.97 Å². The number of hydrogen-bond donors (Lipinski definition) is 3. The lowest BCUT2D eigenvalue weighted by atomic mass is 10.3. The number of hydrogen-bond acceptors (Lipinski definition) is 4. The predicted molar refractivity (Wildman–Crippen MR) is 46.3 cm³/mol. The van der Waals surface area contributed by atoms with Crippen molar-refractivity contribution in [3.05, 3.63) is 0 Å². The minimum atomic E-state index is -0.832. The fraction of sp³-hybridized carbons (Fsp3) is 0.857. The van der Waals surface area contributed by atoms with Crippen LogP contribution in [0.2, 0.25) is 0 Å². The summed E-state index contributed by atoms with van der Waals surface area (Å²) in [6.07, 6.45) is -0.336. The molecule has 2 unspecified atom stereocenters. The Balaban J connectivity index is 3.88. The number of aliphatic carboxylic acids is 1. The van der Waals surface area contributed by atoms with Gasteiger partial charge in [-0.2, -0.15) is 0 Å². The molecule has 0 radical (unpaired) electrons. The van der Waals surface area contributed by atoms with E-state index in [1.165, 1.54) is 0 Å². The van der Waals surface area contributed by atoms with E-state index >= 15 is 0 Å². The molecule has 0 aliphatic rings. The molecule has 5 heteroatoms. The molecule has 0 aromatic rings. The first-order valence-electron chi connectivity index (χ1n) is 3.94. The number of carboxylic acids is 1. The van der Waals surface area contributed by atoms with Gasteiger partial charge in [0.1, 0.15) is 0 Å². The van der Waals surface area contributed by atoms with Gasteiger partial charge in [0.25, 0.3) is 0 Å². The number of nitrogens with zero attached hydrogens (tertiary/aromatic N) is 1. The second kappa shape index (κ2) is 5.08. The van der Waals surface area contributed by atoms with E-state index in [0.717, 1.165) is 0 Å². The van der Waals surface area contributed by atoms with Crippen molar-refractivity contribution in [2.24, 2.45) is 11.5 Å². The highest BCUT2D eigenvalue weighted by Crippen LogP contribution is 1.98. The van der Waals surface area contributed by atoms with Gasteiger partial charge in [0.05, 0.1) is 18.8 Å². The minimum Gasteiger partial charge on any atom is -0.481 e. The van der Waals surface area contributed by atoms with E-state index in [2.05, 4.69) is 0 Å². The Morgan fingerprint density at radius 3 is 2.08 bits per heavy atom. The topological polar surface area (TPSA) is 92.6 Å². The molecule has 12 heavy (non-hydrogen) atoms. The van der Waals surface area contributed by atoms with Gasteiger partial charge in [-0.25, -0.2) is 0 Å². The van der Waals surface area contributed by atoms with E-state index in [1.54, 1.807) is 18.7 Å². The molecule has 0 aliphatic heterocycles. The van der Waals surface area contributed by atoms with Crippen LogP contribution in [0, 0.1) is 0 Å². The van der Waals surface area contributed by atoms with Gasteiger partial charge in [0.15, 0.2) is 0 Å². The van der Waals surface area contributed by atoms with Gasteiger partial charge in [-0.15, -0.1) is 0 Å². The minimum absolute atomic E-state index is 0.0725. The molecule has 0 saturated heterocycles. The molecule has 2 atom stereocenters. The van der Waals surface area contributed by atoms with Crippen molar-refractivity contribution in [1.82, 2.24) is 4.90 Å². The number of rotatable bonds is 5. The van der Waals surface area contributed by atoms with Crippen LogP contribution in [0.25, 0.3) is 0 Å². The van der Waals surface area contributed by atoms with E-state index in [4.69, 9.17) is 16.6 Å². The molecule has 0 spiro atoms. The van der Waals surface area contributed by atoms with E-state index in [-0.39, 0.29) is 18.8 Å². The molecular formula is C7H17N3O2. The molecular weight excluding hydrogens is 158 g/mol. The molecule has 0 aliphatic carbocycles. The largest absolute Gasteiger partial charge is 0.481 e. The highest BCUT2D eigenvalue weighted by molar-refractivity contribution is 5.66. The standard InChI is InChI=1S/C7H17N3O2/c1-5(8)10(6(2)9)4-3-7(11)12/h5-6H,3-4,8-9H2,1-2H3,(H,11,12). The molecule has 0 rings (SSSR count). The number of carboxylic acid groups (broad SMARTS) is 1. The van der Waals surface area contributed by atoms with Crippen molar-refractivity contribution in [3.63, 3.8) is 0 Å². The number of carbonyl (C=O) groups is 1. The zero-order valence-electron chi connectivity index (χ0n) is 7.53. The molecule has 0 fully saturated rings. The van der Waals surface area contributed by atoms with Crippen LogP contribution in [-0.4, -0.2) is 34.9 Å². The Labute approximate surface area is 72.3 Å². The Morgan fingerprint density at radius 2 is 1.83 bits per heavy atom. The molecule has 0 aromatic carbocycles. The fourth-order valence-electron chi connectivity index (χ4n) is 1.00. The monoisotopic (exact) mass is 175 g/mol. The quantitative estimate of drug-likeness (QED) is 0.484. The molecule has 0 amide bonds. The van der Waals surface area contributed by atoms with Gasteiger partial charge in [0.2, 0.25) is 0 Å². The first-order chi connectivity index (χ1) is 5.45. The Morgan fingerprint density at radius 1 is 1.42 bits per heavy atom. The lowest BCUT2D eigenvalue weighted by Crippen LogP contribution is -2.49. The van der Waals surface area contributed by atoms with Crippen LogP contribution in [0.4, 0.5) is 0 Å². The highest BCUT2D eigenvalue weighted by Gasteiger charge is 2.14. The summed E-state index contributed by atoms with van der Waals surface area (Å²) >= 11 is 0. The first-order valence-corrected chi connectivity index (χ1v) is 3.94. The van der Waals surface area contributed by atoms with Crippen LogP contribution in [0.1, 0.15) is 20.3 Å². The molecule has 0 aromatic heterocycles. The maximum Gasteiger partial charge on any atom is 0.304 e. The molecule has 0 heterocycles. The van der Waals surface area contributed by atoms with Crippen molar-refractivity contribution in [1.29, 1.82) is 0 Å². The smallest absolute Gasteiger partial charge is 0.304 e. The van der Waals surface area contributed by atoms with Crippen LogP contribution in [0.3, 0.4) is 0 Å². The van der Waals surface area contributed by atoms with Crippen molar-refractivity contribution < 1.29 is 9.90 Å². The number of nitrogens with two attached hydrogens (primary N) is 2. The van der Waals surface area contributed by atoms with Crippen LogP contribution in [0.5, 0.6) is 0 Å². The summed E-state index contributed by atoms with van der Waals surface area (Å²) in [4.78, 5) is 12.0. The Kier molecular flexibility index (Phi) is 4.80.